The van der Waals surface area contributed by atoms with Crippen LogP contribution < -0.4 is 5.32 Å². The molecule has 0 saturated carbocycles. The highest BCUT2D eigenvalue weighted by Crippen LogP contribution is 2.29. The Morgan fingerprint density at radius 1 is 0.905 bits per heavy atom. The molecular weight excluding hydrogens is 278 g/mol. The lowest BCUT2D eigenvalue weighted by Crippen LogP contribution is -2.23. The molecule has 1 nitrogen and oxygen atoms in total. The molecule has 1 unspecified atom stereocenters. The van der Waals surface area contributed by atoms with Crippen LogP contribution in [-0.4, -0.2) is 6.54 Å². The first-order valence-electron chi connectivity index (χ1n) is 7.51. The standard InChI is InChI=1S/C19H24ClN/c1-6-21-19(16-7-8-18(20)15(5)10-16)17-11-13(3)12(2)9-14(17)4/h7-11,19,21H,6H2,1-5H3. The van der Waals surface area contributed by atoms with E-state index in [0.717, 1.165) is 17.1 Å². The van der Waals surface area contributed by atoms with Crippen molar-refractivity contribution in [3.63, 3.8) is 0 Å². The summed E-state index contributed by atoms with van der Waals surface area (Å²) in [6.07, 6.45) is 0. The van der Waals surface area contributed by atoms with Crippen LogP contribution in [0.5, 0.6) is 0 Å². The Bertz CT molecular complexity index is 646. The van der Waals surface area contributed by atoms with Gasteiger partial charge in [0.05, 0.1) is 6.04 Å². The summed E-state index contributed by atoms with van der Waals surface area (Å²) in [5.74, 6) is 0. The van der Waals surface area contributed by atoms with Crippen molar-refractivity contribution in [1.29, 1.82) is 0 Å². The van der Waals surface area contributed by atoms with Gasteiger partial charge in [-0.2, -0.15) is 0 Å². The van der Waals surface area contributed by atoms with E-state index < -0.39 is 0 Å². The summed E-state index contributed by atoms with van der Waals surface area (Å²) in [6, 6.07) is 11.1. The molecule has 0 spiro atoms. The van der Waals surface area contributed by atoms with E-state index in [1.54, 1.807) is 0 Å². The molecule has 0 heterocycles. The van der Waals surface area contributed by atoms with Crippen LogP contribution in [0, 0.1) is 27.7 Å². The monoisotopic (exact) mass is 301 g/mol. The second kappa shape index (κ2) is 6.64. The SMILES string of the molecule is CCNC(c1ccc(Cl)c(C)c1)c1cc(C)c(C)cc1C. The maximum absolute atomic E-state index is 6.17. The van der Waals surface area contributed by atoms with Gasteiger partial charge < -0.3 is 5.32 Å². The molecule has 0 fully saturated rings. The number of rotatable bonds is 4. The molecule has 0 amide bonds. The molecule has 2 heteroatoms. The third-order valence-corrected chi connectivity index (χ3v) is 4.54. The van der Waals surface area contributed by atoms with Crippen molar-refractivity contribution in [3.8, 4) is 0 Å². The summed E-state index contributed by atoms with van der Waals surface area (Å²) in [5.41, 5.74) is 7.75. The first kappa shape index (κ1) is 16.1. The van der Waals surface area contributed by atoms with E-state index in [2.05, 4.69) is 64.2 Å². The molecule has 0 aromatic heterocycles. The highest BCUT2D eigenvalue weighted by Gasteiger charge is 2.16. The Balaban J connectivity index is 2.52. The fraction of sp³-hybridized carbons (Fsp3) is 0.368. The van der Waals surface area contributed by atoms with E-state index in [9.17, 15) is 0 Å². The Morgan fingerprint density at radius 3 is 2.19 bits per heavy atom. The van der Waals surface area contributed by atoms with Crippen molar-refractivity contribution in [3.05, 3.63) is 68.7 Å². The van der Waals surface area contributed by atoms with Gasteiger partial charge in [0.2, 0.25) is 0 Å². The zero-order valence-electron chi connectivity index (χ0n) is 13.5. The lowest BCUT2D eigenvalue weighted by atomic mass is 9.91. The van der Waals surface area contributed by atoms with Crippen LogP contribution in [0.1, 0.15) is 46.3 Å². The van der Waals surface area contributed by atoms with E-state index in [4.69, 9.17) is 11.6 Å². The molecule has 1 atom stereocenters. The third-order valence-electron chi connectivity index (χ3n) is 4.12. The van der Waals surface area contributed by atoms with E-state index in [-0.39, 0.29) is 6.04 Å². The first-order chi connectivity index (χ1) is 9.93. The van der Waals surface area contributed by atoms with E-state index in [1.807, 2.05) is 6.07 Å². The third kappa shape index (κ3) is 3.48. The highest BCUT2D eigenvalue weighted by atomic mass is 35.5. The molecule has 0 radical (unpaired) electrons. The van der Waals surface area contributed by atoms with E-state index in [0.29, 0.717) is 0 Å². The van der Waals surface area contributed by atoms with E-state index >= 15 is 0 Å². The molecule has 112 valence electrons. The minimum Gasteiger partial charge on any atom is -0.307 e. The lowest BCUT2D eigenvalue weighted by molar-refractivity contribution is 0.627. The fourth-order valence-electron chi connectivity index (χ4n) is 2.75. The molecule has 0 saturated heterocycles. The van der Waals surface area contributed by atoms with Crippen molar-refractivity contribution < 1.29 is 0 Å². The van der Waals surface area contributed by atoms with Crippen LogP contribution >= 0.6 is 11.6 Å². The molecule has 1 N–H and O–H groups in total. The summed E-state index contributed by atoms with van der Waals surface area (Å²) in [5, 5.41) is 4.43. The summed E-state index contributed by atoms with van der Waals surface area (Å²) in [4.78, 5) is 0. The maximum Gasteiger partial charge on any atom is 0.0579 e. The summed E-state index contributed by atoms with van der Waals surface area (Å²) < 4.78 is 0. The highest BCUT2D eigenvalue weighted by molar-refractivity contribution is 6.31. The quantitative estimate of drug-likeness (QED) is 0.811. The van der Waals surface area contributed by atoms with Gasteiger partial charge in [0.25, 0.3) is 0 Å². The molecule has 0 bridgehead atoms. The fourth-order valence-corrected chi connectivity index (χ4v) is 2.87. The molecule has 21 heavy (non-hydrogen) atoms. The lowest BCUT2D eigenvalue weighted by Gasteiger charge is -2.23. The van der Waals surface area contributed by atoms with E-state index in [1.165, 1.54) is 27.8 Å². The van der Waals surface area contributed by atoms with Gasteiger partial charge in [0, 0.05) is 5.02 Å². The van der Waals surface area contributed by atoms with Crippen molar-refractivity contribution >= 4 is 11.6 Å². The number of nitrogens with one attached hydrogen (secondary N) is 1. The zero-order chi connectivity index (χ0) is 15.6. The van der Waals surface area contributed by atoms with Crippen LogP contribution in [0.4, 0.5) is 0 Å². The second-order valence-corrected chi connectivity index (χ2v) is 6.20. The number of hydrogen-bond donors (Lipinski definition) is 1. The smallest absolute Gasteiger partial charge is 0.0579 e. The normalized spacial score (nSPS) is 12.5. The Labute approximate surface area is 133 Å². The first-order valence-corrected chi connectivity index (χ1v) is 7.89. The average Bonchev–Trinajstić information content (AvgIpc) is 2.44. The topological polar surface area (TPSA) is 12.0 Å². The number of hydrogen-bond acceptors (Lipinski definition) is 1. The van der Waals surface area contributed by atoms with Gasteiger partial charge in [-0.15, -0.1) is 0 Å². The summed E-state index contributed by atoms with van der Waals surface area (Å²) >= 11 is 6.17. The number of aryl methyl sites for hydroxylation is 4. The zero-order valence-corrected chi connectivity index (χ0v) is 14.3. The minimum atomic E-state index is 0.213. The molecule has 0 aliphatic heterocycles. The van der Waals surface area contributed by atoms with Crippen molar-refractivity contribution in [2.45, 2.75) is 40.7 Å². The van der Waals surface area contributed by atoms with Gasteiger partial charge in [-0.25, -0.2) is 0 Å². The van der Waals surface area contributed by atoms with Gasteiger partial charge in [-0.05, 0) is 73.7 Å². The van der Waals surface area contributed by atoms with Crippen LogP contribution in [0.2, 0.25) is 5.02 Å². The van der Waals surface area contributed by atoms with Gasteiger partial charge in [-0.1, -0.05) is 42.8 Å². The van der Waals surface area contributed by atoms with Gasteiger partial charge in [0.1, 0.15) is 0 Å². The van der Waals surface area contributed by atoms with Crippen molar-refractivity contribution in [1.82, 2.24) is 5.32 Å². The summed E-state index contributed by atoms with van der Waals surface area (Å²) in [7, 11) is 0. The minimum absolute atomic E-state index is 0.213. The molecule has 2 aromatic carbocycles. The Kier molecular flexibility index (Phi) is 5.08. The molecule has 2 aromatic rings. The second-order valence-electron chi connectivity index (χ2n) is 5.79. The Hall–Kier alpha value is -1.31. The molecule has 0 aliphatic rings. The molecule has 0 aliphatic carbocycles. The average molecular weight is 302 g/mol. The maximum atomic E-state index is 6.17. The van der Waals surface area contributed by atoms with Gasteiger partial charge >= 0.3 is 0 Å². The van der Waals surface area contributed by atoms with Gasteiger partial charge in [0.15, 0.2) is 0 Å². The van der Waals surface area contributed by atoms with Crippen LogP contribution in [0.3, 0.4) is 0 Å². The number of benzene rings is 2. The summed E-state index contributed by atoms with van der Waals surface area (Å²) in [6.45, 7) is 11.7. The van der Waals surface area contributed by atoms with Crippen LogP contribution in [0.15, 0.2) is 30.3 Å². The number of halogens is 1. The predicted molar refractivity (Wildman–Crippen MR) is 92.4 cm³/mol. The van der Waals surface area contributed by atoms with Gasteiger partial charge in [-0.3, -0.25) is 0 Å². The largest absolute Gasteiger partial charge is 0.307 e. The van der Waals surface area contributed by atoms with Crippen molar-refractivity contribution in [2.24, 2.45) is 0 Å². The Morgan fingerprint density at radius 2 is 1.57 bits per heavy atom. The molecule has 2 rings (SSSR count). The van der Waals surface area contributed by atoms with Crippen molar-refractivity contribution in [2.75, 3.05) is 6.54 Å². The molecular formula is C19H24ClN. The van der Waals surface area contributed by atoms with Crippen LogP contribution in [0.25, 0.3) is 0 Å². The predicted octanol–water partition coefficient (Wildman–Crippen LogP) is 5.27. The van der Waals surface area contributed by atoms with Crippen LogP contribution in [-0.2, 0) is 0 Å².